The van der Waals surface area contributed by atoms with E-state index < -0.39 is 10.0 Å². The van der Waals surface area contributed by atoms with Gasteiger partial charge in [0.1, 0.15) is 5.82 Å². The van der Waals surface area contributed by atoms with Gasteiger partial charge in [-0.2, -0.15) is 0 Å². The average Bonchev–Trinajstić information content (AvgIpc) is 2.76. The van der Waals surface area contributed by atoms with Gasteiger partial charge >= 0.3 is 0 Å². The van der Waals surface area contributed by atoms with Gasteiger partial charge in [0.25, 0.3) is 15.9 Å². The fraction of sp³-hybridized carbons (Fsp3) is 0.182. The predicted octanol–water partition coefficient (Wildman–Crippen LogP) is 3.98. The van der Waals surface area contributed by atoms with Gasteiger partial charge in [-0.3, -0.25) is 9.52 Å². The molecule has 0 unspecified atom stereocenters. The highest BCUT2D eigenvalue weighted by Gasteiger charge is 2.14. The largest absolute Gasteiger partial charge is 0.357 e. The monoisotopic (exact) mass is 424 g/mol. The average molecular weight is 425 g/mol. The zero-order valence-electron chi connectivity index (χ0n) is 16.9. The van der Waals surface area contributed by atoms with Crippen molar-refractivity contribution in [2.75, 3.05) is 28.0 Å². The summed E-state index contributed by atoms with van der Waals surface area (Å²) < 4.78 is 27.3. The van der Waals surface area contributed by atoms with Crippen LogP contribution in [0.2, 0.25) is 0 Å². The molecule has 0 radical (unpaired) electrons. The molecular weight excluding hydrogens is 400 g/mol. The molecule has 0 saturated carbocycles. The van der Waals surface area contributed by atoms with Crippen LogP contribution in [0.1, 0.15) is 24.2 Å². The summed E-state index contributed by atoms with van der Waals surface area (Å²) in [5.41, 5.74) is 1.37. The van der Waals surface area contributed by atoms with Crippen molar-refractivity contribution in [2.45, 2.75) is 18.7 Å². The Labute approximate surface area is 176 Å². The molecule has 1 aromatic heterocycles. The number of anilines is 3. The SMILES string of the molecule is CCN(CC)c1ccc(NC(=O)c2ccc(NS(=O)(=O)c3ccccc3)cc2)cn1. The van der Waals surface area contributed by atoms with Crippen LogP contribution in [0.3, 0.4) is 0 Å². The molecule has 8 heteroatoms. The molecule has 0 aliphatic rings. The number of carbonyl (C=O) groups excluding carboxylic acids is 1. The normalized spacial score (nSPS) is 11.0. The van der Waals surface area contributed by atoms with E-state index in [2.05, 4.69) is 33.8 Å². The van der Waals surface area contributed by atoms with E-state index in [1.165, 1.54) is 12.1 Å². The van der Waals surface area contributed by atoms with Gasteiger partial charge in [0, 0.05) is 24.3 Å². The van der Waals surface area contributed by atoms with Crippen molar-refractivity contribution in [3.63, 3.8) is 0 Å². The number of aromatic nitrogens is 1. The van der Waals surface area contributed by atoms with Gasteiger partial charge < -0.3 is 10.2 Å². The molecular formula is C22H24N4O3S. The Morgan fingerprint density at radius 1 is 0.900 bits per heavy atom. The zero-order chi connectivity index (χ0) is 21.6. The van der Waals surface area contributed by atoms with Gasteiger partial charge in [-0.1, -0.05) is 18.2 Å². The summed E-state index contributed by atoms with van der Waals surface area (Å²) in [5.74, 6) is 0.554. The minimum absolute atomic E-state index is 0.174. The van der Waals surface area contributed by atoms with Crippen LogP contribution in [-0.4, -0.2) is 32.4 Å². The molecule has 0 fully saturated rings. The second-order valence-electron chi connectivity index (χ2n) is 6.53. The highest BCUT2D eigenvalue weighted by Crippen LogP contribution is 2.18. The summed E-state index contributed by atoms with van der Waals surface area (Å²) in [7, 11) is -3.67. The van der Waals surface area contributed by atoms with E-state index in [9.17, 15) is 13.2 Å². The summed E-state index contributed by atoms with van der Waals surface area (Å²) >= 11 is 0. The number of carbonyl (C=O) groups is 1. The fourth-order valence-corrected chi connectivity index (χ4v) is 3.98. The lowest BCUT2D eigenvalue weighted by atomic mass is 10.2. The molecule has 0 bridgehead atoms. The highest BCUT2D eigenvalue weighted by molar-refractivity contribution is 7.92. The van der Waals surface area contributed by atoms with E-state index in [1.54, 1.807) is 54.7 Å². The number of nitrogens with zero attached hydrogens (tertiary/aromatic N) is 2. The number of benzene rings is 2. The fourth-order valence-electron chi connectivity index (χ4n) is 2.90. The van der Waals surface area contributed by atoms with Crippen LogP contribution in [0.25, 0.3) is 0 Å². The van der Waals surface area contributed by atoms with Crippen molar-refractivity contribution in [1.82, 2.24) is 4.98 Å². The lowest BCUT2D eigenvalue weighted by Gasteiger charge is -2.19. The van der Waals surface area contributed by atoms with E-state index in [1.807, 2.05) is 6.07 Å². The van der Waals surface area contributed by atoms with Crippen molar-refractivity contribution < 1.29 is 13.2 Å². The number of hydrogen-bond donors (Lipinski definition) is 2. The van der Waals surface area contributed by atoms with Crippen LogP contribution in [0.5, 0.6) is 0 Å². The molecule has 3 aromatic rings. The smallest absolute Gasteiger partial charge is 0.261 e. The number of rotatable bonds is 8. The van der Waals surface area contributed by atoms with Gasteiger partial charge in [0.2, 0.25) is 0 Å². The topological polar surface area (TPSA) is 91.4 Å². The summed E-state index contributed by atoms with van der Waals surface area (Å²) in [4.78, 5) is 19.1. The molecule has 0 aliphatic heterocycles. The first-order valence-electron chi connectivity index (χ1n) is 9.63. The van der Waals surface area contributed by atoms with Crippen molar-refractivity contribution in [1.29, 1.82) is 0 Å². The highest BCUT2D eigenvalue weighted by atomic mass is 32.2. The number of amides is 1. The van der Waals surface area contributed by atoms with Gasteiger partial charge in [-0.15, -0.1) is 0 Å². The molecule has 2 aromatic carbocycles. The Hall–Kier alpha value is -3.39. The number of pyridine rings is 1. The number of sulfonamides is 1. The van der Waals surface area contributed by atoms with Crippen molar-refractivity contribution >= 4 is 33.1 Å². The Kier molecular flexibility index (Phi) is 6.68. The summed E-state index contributed by atoms with van der Waals surface area (Å²) in [6.07, 6.45) is 1.62. The molecule has 30 heavy (non-hydrogen) atoms. The van der Waals surface area contributed by atoms with Crippen LogP contribution in [-0.2, 0) is 10.0 Å². The van der Waals surface area contributed by atoms with Crippen LogP contribution in [0.4, 0.5) is 17.2 Å². The minimum atomic E-state index is -3.67. The van der Waals surface area contributed by atoms with E-state index >= 15 is 0 Å². The lowest BCUT2D eigenvalue weighted by Crippen LogP contribution is -2.22. The Balaban J connectivity index is 1.65. The first-order valence-corrected chi connectivity index (χ1v) is 11.1. The van der Waals surface area contributed by atoms with Crippen molar-refractivity contribution in [3.05, 3.63) is 78.5 Å². The summed E-state index contributed by atoms with van der Waals surface area (Å²) in [6.45, 7) is 5.83. The van der Waals surface area contributed by atoms with E-state index in [4.69, 9.17) is 0 Å². The predicted molar refractivity (Wildman–Crippen MR) is 119 cm³/mol. The van der Waals surface area contributed by atoms with Crippen molar-refractivity contribution in [3.8, 4) is 0 Å². The first kappa shape index (κ1) is 21.3. The van der Waals surface area contributed by atoms with Crippen LogP contribution in [0, 0.1) is 0 Å². The standard InChI is InChI=1S/C22H24N4O3S/c1-3-26(4-2)21-15-14-19(16-23-21)24-22(27)17-10-12-18(13-11-17)25-30(28,29)20-8-6-5-7-9-20/h5-16,25H,3-4H2,1-2H3,(H,24,27). The number of hydrogen-bond acceptors (Lipinski definition) is 5. The maximum Gasteiger partial charge on any atom is 0.261 e. The van der Waals surface area contributed by atoms with E-state index in [0.717, 1.165) is 18.9 Å². The Bertz CT molecular complexity index is 1080. The second kappa shape index (κ2) is 9.41. The van der Waals surface area contributed by atoms with Gasteiger partial charge in [0.05, 0.1) is 16.8 Å². The van der Waals surface area contributed by atoms with Crippen LogP contribution < -0.4 is 14.9 Å². The van der Waals surface area contributed by atoms with Gasteiger partial charge in [-0.25, -0.2) is 13.4 Å². The molecule has 1 heterocycles. The molecule has 0 aliphatic carbocycles. The molecule has 0 atom stereocenters. The molecule has 1 amide bonds. The minimum Gasteiger partial charge on any atom is -0.357 e. The third kappa shape index (κ3) is 5.15. The molecule has 156 valence electrons. The maximum atomic E-state index is 12.5. The third-order valence-corrected chi connectivity index (χ3v) is 5.94. The lowest BCUT2D eigenvalue weighted by molar-refractivity contribution is 0.102. The zero-order valence-corrected chi connectivity index (χ0v) is 17.7. The molecule has 0 saturated heterocycles. The molecule has 3 rings (SSSR count). The van der Waals surface area contributed by atoms with Crippen LogP contribution in [0.15, 0.2) is 77.8 Å². The third-order valence-electron chi connectivity index (χ3n) is 4.55. The molecule has 7 nitrogen and oxygen atoms in total. The quantitative estimate of drug-likeness (QED) is 0.571. The summed E-state index contributed by atoms with van der Waals surface area (Å²) in [5, 5.41) is 2.80. The second-order valence-corrected chi connectivity index (χ2v) is 8.21. The van der Waals surface area contributed by atoms with E-state index in [-0.39, 0.29) is 10.8 Å². The Morgan fingerprint density at radius 3 is 2.10 bits per heavy atom. The molecule has 2 N–H and O–H groups in total. The summed E-state index contributed by atoms with van der Waals surface area (Å²) in [6, 6.07) is 18.0. The Morgan fingerprint density at radius 2 is 1.53 bits per heavy atom. The number of nitrogens with one attached hydrogen (secondary N) is 2. The van der Waals surface area contributed by atoms with Gasteiger partial charge in [0.15, 0.2) is 0 Å². The first-order chi connectivity index (χ1) is 14.4. The molecule has 0 spiro atoms. The van der Waals surface area contributed by atoms with Crippen LogP contribution >= 0.6 is 0 Å². The van der Waals surface area contributed by atoms with E-state index in [0.29, 0.717) is 16.9 Å². The maximum absolute atomic E-state index is 12.5. The van der Waals surface area contributed by atoms with Gasteiger partial charge in [-0.05, 0) is 62.4 Å². The van der Waals surface area contributed by atoms with Crippen molar-refractivity contribution in [2.24, 2.45) is 0 Å².